The molecule has 0 unspecified atom stereocenters. The molecule has 0 aliphatic heterocycles. The number of fused-ring (bicyclic) bond motifs is 3. The lowest BCUT2D eigenvalue weighted by molar-refractivity contribution is -0.202. The summed E-state index contributed by atoms with van der Waals surface area (Å²) in [5.74, 6) is -8.05. The van der Waals surface area contributed by atoms with Crippen molar-refractivity contribution in [1.82, 2.24) is 0 Å². The van der Waals surface area contributed by atoms with Crippen molar-refractivity contribution in [2.24, 2.45) is 0 Å². The van der Waals surface area contributed by atoms with Gasteiger partial charge in [0.2, 0.25) is 0 Å². The zero-order valence-corrected chi connectivity index (χ0v) is 8.68. The molecule has 88 valence electrons. The minimum Gasteiger partial charge on any atom is -0.199 e. The van der Waals surface area contributed by atoms with E-state index in [2.05, 4.69) is 0 Å². The van der Waals surface area contributed by atoms with Crippen LogP contribution in [0.15, 0.2) is 36.4 Å². The highest BCUT2D eigenvalue weighted by Gasteiger charge is 2.63. The predicted molar refractivity (Wildman–Crippen MR) is 56.5 cm³/mol. The Labute approximate surface area is 94.9 Å². The van der Waals surface area contributed by atoms with Crippen LogP contribution in [-0.4, -0.2) is 5.92 Å². The maximum absolute atomic E-state index is 13.5. The fourth-order valence-electron chi connectivity index (χ4n) is 2.35. The quantitative estimate of drug-likeness (QED) is 0.607. The normalized spacial score (nSPS) is 20.5. The Morgan fingerprint density at radius 1 is 0.882 bits per heavy atom. The third-order valence-corrected chi connectivity index (χ3v) is 3.24. The monoisotopic (exact) mass is 240 g/mol. The molecular formula is C13H8F4. The van der Waals surface area contributed by atoms with Crippen molar-refractivity contribution in [1.29, 1.82) is 0 Å². The largest absolute Gasteiger partial charge is 0.335 e. The zero-order valence-electron chi connectivity index (χ0n) is 8.68. The first-order valence-electron chi connectivity index (χ1n) is 5.20. The average molecular weight is 240 g/mol. The van der Waals surface area contributed by atoms with Gasteiger partial charge in [0.1, 0.15) is 0 Å². The van der Waals surface area contributed by atoms with Crippen LogP contribution < -0.4 is 0 Å². The van der Waals surface area contributed by atoms with Gasteiger partial charge in [-0.15, -0.1) is 0 Å². The molecule has 0 aromatic heterocycles. The van der Waals surface area contributed by atoms with Gasteiger partial charge >= 0.3 is 11.8 Å². The summed E-state index contributed by atoms with van der Waals surface area (Å²) in [7, 11) is 0. The second-order valence-corrected chi connectivity index (χ2v) is 4.27. The zero-order chi connectivity index (χ0) is 12.3. The van der Waals surface area contributed by atoms with Crippen molar-refractivity contribution in [2.75, 3.05) is 0 Å². The molecule has 1 aliphatic carbocycles. The molecule has 2 aromatic carbocycles. The van der Waals surface area contributed by atoms with Crippen molar-refractivity contribution in [2.45, 2.75) is 18.3 Å². The first-order chi connectivity index (χ1) is 7.93. The van der Waals surface area contributed by atoms with Gasteiger partial charge in [-0.3, -0.25) is 0 Å². The summed E-state index contributed by atoms with van der Waals surface area (Å²) in [5, 5.41) is 1.20. The summed E-state index contributed by atoms with van der Waals surface area (Å²) in [6.45, 7) is 0. The Morgan fingerprint density at radius 2 is 1.59 bits per heavy atom. The first kappa shape index (κ1) is 10.6. The number of halogens is 4. The summed E-state index contributed by atoms with van der Waals surface area (Å²) in [6, 6.07) is 9.31. The van der Waals surface area contributed by atoms with E-state index in [1.807, 2.05) is 0 Å². The average Bonchev–Trinajstić information content (AvgIpc) is 2.46. The van der Waals surface area contributed by atoms with E-state index < -0.39 is 23.8 Å². The summed E-state index contributed by atoms with van der Waals surface area (Å²) < 4.78 is 53.6. The van der Waals surface area contributed by atoms with Crippen molar-refractivity contribution >= 4 is 10.8 Å². The Kier molecular flexibility index (Phi) is 1.86. The fourth-order valence-corrected chi connectivity index (χ4v) is 2.35. The molecule has 0 nitrogen and oxygen atoms in total. The third-order valence-electron chi connectivity index (χ3n) is 3.24. The number of hydrogen-bond acceptors (Lipinski definition) is 0. The molecule has 0 saturated heterocycles. The van der Waals surface area contributed by atoms with Gasteiger partial charge in [0.15, 0.2) is 0 Å². The standard InChI is InChI=1S/C13H8F4/c14-12(15)7-10-9-4-2-1-3-8(9)5-6-11(10)13(12,16)17/h1-6H,7H2. The Bertz CT molecular complexity index is 601. The van der Waals surface area contributed by atoms with Gasteiger partial charge < -0.3 is 0 Å². The lowest BCUT2D eigenvalue weighted by Crippen LogP contribution is -2.33. The molecule has 0 bridgehead atoms. The molecule has 0 amide bonds. The van der Waals surface area contributed by atoms with Gasteiger partial charge in [-0.2, -0.15) is 17.6 Å². The highest BCUT2D eigenvalue weighted by Crippen LogP contribution is 2.53. The minimum atomic E-state index is -4.06. The van der Waals surface area contributed by atoms with Crippen LogP contribution in [0.3, 0.4) is 0 Å². The maximum atomic E-state index is 13.5. The van der Waals surface area contributed by atoms with Crippen LogP contribution >= 0.6 is 0 Å². The molecular weight excluding hydrogens is 232 g/mol. The van der Waals surface area contributed by atoms with E-state index in [1.54, 1.807) is 24.3 Å². The van der Waals surface area contributed by atoms with Gasteiger partial charge in [0.05, 0.1) is 0 Å². The van der Waals surface area contributed by atoms with E-state index in [0.717, 1.165) is 6.07 Å². The van der Waals surface area contributed by atoms with Crippen molar-refractivity contribution in [3.8, 4) is 0 Å². The second-order valence-electron chi connectivity index (χ2n) is 4.27. The number of alkyl halides is 4. The number of rotatable bonds is 0. The molecule has 0 N–H and O–H groups in total. The third kappa shape index (κ3) is 1.24. The van der Waals surface area contributed by atoms with Crippen LogP contribution in [0.1, 0.15) is 11.1 Å². The molecule has 0 spiro atoms. The van der Waals surface area contributed by atoms with Crippen LogP contribution in [0.5, 0.6) is 0 Å². The number of hydrogen-bond donors (Lipinski definition) is 0. The summed E-state index contributed by atoms with van der Waals surface area (Å²) in [4.78, 5) is 0. The number of benzene rings is 2. The lowest BCUT2D eigenvalue weighted by Gasteiger charge is -2.18. The van der Waals surface area contributed by atoms with Gasteiger partial charge in [-0.05, 0) is 16.3 Å². The lowest BCUT2D eigenvalue weighted by atomic mass is 10.0. The van der Waals surface area contributed by atoms with Gasteiger partial charge in [0, 0.05) is 12.0 Å². The molecule has 0 heterocycles. The van der Waals surface area contributed by atoms with Crippen molar-refractivity contribution in [3.63, 3.8) is 0 Å². The summed E-state index contributed by atoms with van der Waals surface area (Å²) >= 11 is 0. The van der Waals surface area contributed by atoms with E-state index in [4.69, 9.17) is 0 Å². The highest BCUT2D eigenvalue weighted by atomic mass is 19.3. The van der Waals surface area contributed by atoms with Crippen LogP contribution in [0.4, 0.5) is 17.6 Å². The minimum absolute atomic E-state index is 0.0677. The summed E-state index contributed by atoms with van der Waals surface area (Å²) in [5.41, 5.74) is -0.473. The van der Waals surface area contributed by atoms with E-state index in [9.17, 15) is 17.6 Å². The fraction of sp³-hybridized carbons (Fsp3) is 0.231. The molecule has 17 heavy (non-hydrogen) atoms. The smallest absolute Gasteiger partial charge is 0.199 e. The molecule has 4 heteroatoms. The predicted octanol–water partition coefficient (Wildman–Crippen LogP) is 4.12. The maximum Gasteiger partial charge on any atom is 0.335 e. The van der Waals surface area contributed by atoms with Gasteiger partial charge in [-0.1, -0.05) is 36.4 Å². The summed E-state index contributed by atoms with van der Waals surface area (Å²) in [6.07, 6.45) is -0.892. The molecule has 3 rings (SSSR count). The van der Waals surface area contributed by atoms with Crippen LogP contribution in [0.2, 0.25) is 0 Å². The Balaban J connectivity index is 2.36. The van der Waals surface area contributed by atoms with E-state index in [-0.39, 0.29) is 5.56 Å². The second kappa shape index (κ2) is 3.00. The first-order valence-corrected chi connectivity index (χ1v) is 5.20. The van der Waals surface area contributed by atoms with E-state index >= 15 is 0 Å². The van der Waals surface area contributed by atoms with Gasteiger partial charge in [0.25, 0.3) is 0 Å². The van der Waals surface area contributed by atoms with E-state index in [1.165, 1.54) is 6.07 Å². The van der Waals surface area contributed by atoms with Crippen LogP contribution in [-0.2, 0) is 12.3 Å². The molecule has 0 fully saturated rings. The molecule has 0 atom stereocenters. The SMILES string of the molecule is FC1(F)Cc2c(ccc3ccccc23)C1(F)F. The van der Waals surface area contributed by atoms with Gasteiger partial charge in [-0.25, -0.2) is 0 Å². The van der Waals surface area contributed by atoms with Crippen molar-refractivity contribution in [3.05, 3.63) is 47.5 Å². The molecule has 1 aliphatic rings. The van der Waals surface area contributed by atoms with Crippen LogP contribution in [0, 0.1) is 0 Å². The Morgan fingerprint density at radius 3 is 2.35 bits per heavy atom. The molecule has 0 radical (unpaired) electrons. The molecule has 2 aromatic rings. The van der Waals surface area contributed by atoms with Crippen molar-refractivity contribution < 1.29 is 17.6 Å². The highest BCUT2D eigenvalue weighted by molar-refractivity contribution is 5.87. The van der Waals surface area contributed by atoms with E-state index in [0.29, 0.717) is 10.8 Å². The topological polar surface area (TPSA) is 0 Å². The molecule has 0 saturated carbocycles. The Hall–Kier alpha value is -1.58. The van der Waals surface area contributed by atoms with Crippen LogP contribution in [0.25, 0.3) is 10.8 Å².